The van der Waals surface area contributed by atoms with E-state index >= 15 is 0 Å². The number of hydrogen-bond donors (Lipinski definition) is 0. The molecular weight excluding hydrogens is 174 g/mol. The van der Waals surface area contributed by atoms with Gasteiger partial charge in [0, 0.05) is 12.8 Å². The van der Waals surface area contributed by atoms with Gasteiger partial charge in [-0.2, -0.15) is 0 Å². The molecule has 0 saturated carbocycles. The van der Waals surface area contributed by atoms with Crippen LogP contribution in [0.1, 0.15) is 19.3 Å². The molecule has 2 bridgehead atoms. The van der Waals surface area contributed by atoms with Crippen LogP contribution in [0.2, 0.25) is 0 Å². The van der Waals surface area contributed by atoms with Crippen LogP contribution in [-0.4, -0.2) is 38.0 Å². The molecule has 2 heterocycles. The van der Waals surface area contributed by atoms with Gasteiger partial charge in [-0.15, -0.1) is 0 Å². The lowest BCUT2D eigenvalue weighted by atomic mass is 10.0. The molecule has 3 atom stereocenters. The molecular formula is C8H15NO2S. The zero-order chi connectivity index (χ0) is 8.77. The van der Waals surface area contributed by atoms with Gasteiger partial charge in [-0.1, -0.05) is 0 Å². The first-order chi connectivity index (χ1) is 5.57. The van der Waals surface area contributed by atoms with E-state index in [0.29, 0.717) is 0 Å². The Hall–Kier alpha value is -0.0900. The number of hydrogen-bond acceptors (Lipinski definition) is 3. The van der Waals surface area contributed by atoms with Gasteiger partial charge in [-0.3, -0.25) is 4.90 Å². The molecule has 3 nitrogen and oxygen atoms in total. The second-order valence-electron chi connectivity index (χ2n) is 4.01. The maximum atomic E-state index is 11.3. The number of piperidine rings is 1. The van der Waals surface area contributed by atoms with Crippen molar-refractivity contribution >= 4 is 9.84 Å². The van der Waals surface area contributed by atoms with Crippen molar-refractivity contribution in [3.8, 4) is 0 Å². The van der Waals surface area contributed by atoms with Crippen LogP contribution in [0.3, 0.4) is 0 Å². The lowest BCUT2D eigenvalue weighted by Crippen LogP contribution is -2.41. The number of nitrogens with zero attached hydrogens (tertiary/aromatic N) is 1. The normalized spacial score (nSPS) is 41.6. The van der Waals surface area contributed by atoms with Gasteiger partial charge in [-0.25, -0.2) is 8.42 Å². The Morgan fingerprint density at radius 2 is 2.00 bits per heavy atom. The Bertz CT molecular complexity index is 273. The monoisotopic (exact) mass is 189 g/mol. The number of rotatable bonds is 1. The lowest BCUT2D eigenvalue weighted by Gasteiger charge is -2.30. The molecule has 4 heteroatoms. The summed E-state index contributed by atoms with van der Waals surface area (Å²) in [4.78, 5) is 2.13. The maximum absolute atomic E-state index is 11.3. The minimum atomic E-state index is -2.83. The summed E-state index contributed by atoms with van der Waals surface area (Å²) in [6.07, 6.45) is 4.51. The number of sulfone groups is 1. The quantitative estimate of drug-likeness (QED) is 0.602. The van der Waals surface area contributed by atoms with Crippen molar-refractivity contribution in [1.29, 1.82) is 0 Å². The van der Waals surface area contributed by atoms with Gasteiger partial charge >= 0.3 is 0 Å². The first-order valence-electron chi connectivity index (χ1n) is 4.50. The summed E-state index contributed by atoms with van der Waals surface area (Å²) < 4.78 is 22.7. The summed E-state index contributed by atoms with van der Waals surface area (Å²) in [7, 11) is -2.83. The highest BCUT2D eigenvalue weighted by molar-refractivity contribution is 7.91. The Labute approximate surface area is 73.7 Å². The highest BCUT2D eigenvalue weighted by Gasteiger charge is 2.38. The Kier molecular flexibility index (Phi) is 1.92. The summed E-state index contributed by atoms with van der Waals surface area (Å²) in [5, 5.41) is -0.170. The van der Waals surface area contributed by atoms with E-state index in [1.54, 1.807) is 0 Å². The fourth-order valence-corrected chi connectivity index (χ4v) is 3.70. The van der Waals surface area contributed by atoms with E-state index in [4.69, 9.17) is 0 Å². The minimum Gasteiger partial charge on any atom is -0.287 e. The van der Waals surface area contributed by atoms with E-state index in [9.17, 15) is 8.42 Å². The second-order valence-corrected chi connectivity index (χ2v) is 6.21. The van der Waals surface area contributed by atoms with Crippen LogP contribution in [0.25, 0.3) is 0 Å². The zero-order valence-corrected chi connectivity index (χ0v) is 8.18. The molecule has 0 aromatic rings. The van der Waals surface area contributed by atoms with Crippen molar-refractivity contribution in [2.75, 3.05) is 19.3 Å². The van der Waals surface area contributed by atoms with Gasteiger partial charge in [0.05, 0.1) is 0 Å². The van der Waals surface area contributed by atoms with Crippen molar-refractivity contribution in [1.82, 2.24) is 4.90 Å². The fourth-order valence-electron chi connectivity index (χ4n) is 2.41. The van der Waals surface area contributed by atoms with Crippen molar-refractivity contribution < 1.29 is 8.42 Å². The van der Waals surface area contributed by atoms with Gasteiger partial charge in [0.1, 0.15) is 5.37 Å². The predicted molar refractivity (Wildman–Crippen MR) is 47.5 cm³/mol. The Morgan fingerprint density at radius 3 is 2.67 bits per heavy atom. The molecule has 2 aliphatic heterocycles. The van der Waals surface area contributed by atoms with Crippen molar-refractivity contribution in [3.63, 3.8) is 0 Å². The second kappa shape index (κ2) is 2.70. The average Bonchev–Trinajstić information content (AvgIpc) is 2.30. The van der Waals surface area contributed by atoms with E-state index in [1.165, 1.54) is 12.7 Å². The van der Waals surface area contributed by atoms with Gasteiger partial charge < -0.3 is 0 Å². The largest absolute Gasteiger partial charge is 0.287 e. The van der Waals surface area contributed by atoms with Crippen LogP contribution < -0.4 is 0 Å². The topological polar surface area (TPSA) is 37.4 Å². The molecule has 70 valence electrons. The summed E-state index contributed by atoms with van der Waals surface area (Å²) in [5.74, 6) is 0.781. The van der Waals surface area contributed by atoms with E-state index in [0.717, 1.165) is 31.8 Å². The Morgan fingerprint density at radius 1 is 1.25 bits per heavy atom. The molecule has 0 aromatic carbocycles. The summed E-state index contributed by atoms with van der Waals surface area (Å²) in [5.41, 5.74) is 0. The lowest BCUT2D eigenvalue weighted by molar-refractivity contribution is 0.236. The van der Waals surface area contributed by atoms with Crippen molar-refractivity contribution in [3.05, 3.63) is 0 Å². The third kappa shape index (κ3) is 1.38. The van der Waals surface area contributed by atoms with E-state index in [-0.39, 0.29) is 5.37 Å². The molecule has 2 saturated heterocycles. The molecule has 2 rings (SSSR count). The van der Waals surface area contributed by atoms with Crippen LogP contribution in [-0.2, 0) is 9.84 Å². The van der Waals surface area contributed by atoms with Crippen molar-refractivity contribution in [2.24, 2.45) is 5.92 Å². The van der Waals surface area contributed by atoms with Crippen LogP contribution in [0.4, 0.5) is 0 Å². The van der Waals surface area contributed by atoms with Crippen LogP contribution in [0.5, 0.6) is 0 Å². The molecule has 0 radical (unpaired) electrons. The smallest absolute Gasteiger partial charge is 0.163 e. The maximum Gasteiger partial charge on any atom is 0.163 e. The highest BCUT2D eigenvalue weighted by Crippen LogP contribution is 2.32. The molecule has 2 fully saturated rings. The zero-order valence-electron chi connectivity index (χ0n) is 7.36. The summed E-state index contributed by atoms with van der Waals surface area (Å²) in [6.45, 7) is 2.00. The number of fused-ring (bicyclic) bond motifs is 2. The first kappa shape index (κ1) is 8.51. The standard InChI is InChI=1S/C8H15NO2S/c1-12(10,11)8-3-2-7-4-5-9(8)6-7/h7-8H,2-6H2,1H3. The van der Waals surface area contributed by atoms with Gasteiger partial charge in [0.2, 0.25) is 0 Å². The third-order valence-corrected chi connectivity index (χ3v) is 4.56. The molecule has 0 N–H and O–H groups in total. The first-order valence-corrected chi connectivity index (χ1v) is 6.46. The molecule has 0 aromatic heterocycles. The molecule has 0 spiro atoms. The molecule has 12 heavy (non-hydrogen) atoms. The Balaban J connectivity index is 2.18. The van der Waals surface area contributed by atoms with E-state index in [1.807, 2.05) is 0 Å². The molecule has 0 amide bonds. The van der Waals surface area contributed by atoms with Crippen molar-refractivity contribution in [2.45, 2.75) is 24.6 Å². The van der Waals surface area contributed by atoms with Crippen LogP contribution >= 0.6 is 0 Å². The van der Waals surface area contributed by atoms with E-state index in [2.05, 4.69) is 4.90 Å². The van der Waals surface area contributed by atoms with Gasteiger partial charge in [0.25, 0.3) is 0 Å². The molecule has 3 unspecified atom stereocenters. The third-order valence-electron chi connectivity index (χ3n) is 3.04. The van der Waals surface area contributed by atoms with Crippen LogP contribution in [0, 0.1) is 5.92 Å². The fraction of sp³-hybridized carbons (Fsp3) is 1.00. The molecule has 2 aliphatic rings. The van der Waals surface area contributed by atoms with Gasteiger partial charge in [0.15, 0.2) is 9.84 Å². The summed E-state index contributed by atoms with van der Waals surface area (Å²) in [6, 6.07) is 0. The highest BCUT2D eigenvalue weighted by atomic mass is 32.2. The molecule has 0 aliphatic carbocycles. The minimum absolute atomic E-state index is 0.170. The van der Waals surface area contributed by atoms with E-state index < -0.39 is 9.84 Å². The SMILES string of the molecule is CS(=O)(=O)C1CCC2CCN1C2. The van der Waals surface area contributed by atoms with Gasteiger partial charge in [-0.05, 0) is 31.7 Å². The van der Waals surface area contributed by atoms with Crippen LogP contribution in [0.15, 0.2) is 0 Å². The summed E-state index contributed by atoms with van der Waals surface area (Å²) >= 11 is 0. The average molecular weight is 189 g/mol. The predicted octanol–water partition coefficient (Wildman–Crippen LogP) is 0.473.